The lowest BCUT2D eigenvalue weighted by Crippen LogP contribution is -2.19. The van der Waals surface area contributed by atoms with Crippen molar-refractivity contribution < 1.29 is 4.74 Å². The monoisotopic (exact) mass is 341 g/mol. The number of aromatic amines is 1. The number of likely N-dealkylation sites (tertiary alicyclic amines) is 1. The average Bonchev–Trinajstić information content (AvgIpc) is 3.20. The minimum atomic E-state index is 0.447. The highest BCUT2D eigenvalue weighted by Crippen LogP contribution is 2.29. The zero-order valence-corrected chi connectivity index (χ0v) is 14.4. The number of hydrogen-bond acceptors (Lipinski definition) is 3. The summed E-state index contributed by atoms with van der Waals surface area (Å²) in [6, 6.07) is 14.1. The molecule has 3 aromatic rings. The summed E-state index contributed by atoms with van der Waals surface area (Å²) < 4.78 is 5.28. The Morgan fingerprint density at radius 2 is 2.21 bits per heavy atom. The highest BCUT2D eigenvalue weighted by molar-refractivity contribution is 6.30. The van der Waals surface area contributed by atoms with Crippen LogP contribution in [0.2, 0.25) is 5.02 Å². The molecular formula is C19H20ClN3O. The summed E-state index contributed by atoms with van der Waals surface area (Å²) in [5.74, 6) is 2.38. The van der Waals surface area contributed by atoms with Crippen LogP contribution in [0, 0.1) is 0 Å². The molecule has 0 spiro atoms. The second-order valence-electron chi connectivity index (χ2n) is 6.36. The number of nitrogens with one attached hydrogen (secondary N) is 1. The molecule has 4 rings (SSSR count). The molecule has 0 radical (unpaired) electrons. The molecule has 24 heavy (non-hydrogen) atoms. The smallest absolute Gasteiger partial charge is 0.121 e. The van der Waals surface area contributed by atoms with E-state index in [0.29, 0.717) is 5.92 Å². The first-order valence-electron chi connectivity index (χ1n) is 8.22. The zero-order valence-electron chi connectivity index (χ0n) is 13.6. The first kappa shape index (κ1) is 15.5. The molecule has 5 heteroatoms. The van der Waals surface area contributed by atoms with Gasteiger partial charge in [-0.15, -0.1) is 0 Å². The molecule has 1 N–H and O–H groups in total. The fraction of sp³-hybridized carbons (Fsp3) is 0.316. The molecule has 1 aliphatic heterocycles. The summed E-state index contributed by atoms with van der Waals surface area (Å²) in [5, 5.41) is 0.800. The number of fused-ring (bicyclic) bond motifs is 1. The topological polar surface area (TPSA) is 41.1 Å². The van der Waals surface area contributed by atoms with Crippen molar-refractivity contribution in [3.8, 4) is 5.75 Å². The van der Waals surface area contributed by atoms with E-state index in [0.717, 1.165) is 53.7 Å². The third kappa shape index (κ3) is 3.12. The fourth-order valence-corrected chi connectivity index (χ4v) is 3.63. The molecule has 1 atom stereocenters. The van der Waals surface area contributed by atoms with Crippen LogP contribution in [0.4, 0.5) is 0 Å². The molecule has 1 fully saturated rings. The van der Waals surface area contributed by atoms with Crippen LogP contribution in [-0.4, -0.2) is 35.1 Å². The summed E-state index contributed by atoms with van der Waals surface area (Å²) in [5.41, 5.74) is 3.30. The largest absolute Gasteiger partial charge is 0.497 e. The van der Waals surface area contributed by atoms with Gasteiger partial charge in [0.1, 0.15) is 11.6 Å². The lowest BCUT2D eigenvalue weighted by molar-refractivity contribution is 0.326. The summed E-state index contributed by atoms with van der Waals surface area (Å²) in [6.45, 7) is 3.03. The number of hydrogen-bond donors (Lipinski definition) is 1. The van der Waals surface area contributed by atoms with Crippen LogP contribution < -0.4 is 4.74 Å². The number of ether oxygens (including phenoxy) is 1. The summed E-state index contributed by atoms with van der Waals surface area (Å²) in [7, 11) is 1.68. The first-order valence-corrected chi connectivity index (χ1v) is 8.59. The van der Waals surface area contributed by atoms with Crippen molar-refractivity contribution in [2.24, 2.45) is 0 Å². The molecule has 124 valence electrons. The van der Waals surface area contributed by atoms with Crippen molar-refractivity contribution in [1.29, 1.82) is 0 Å². The predicted octanol–water partition coefficient (Wildman–Crippen LogP) is 4.21. The van der Waals surface area contributed by atoms with Gasteiger partial charge in [0.15, 0.2) is 0 Å². The summed E-state index contributed by atoms with van der Waals surface area (Å²) >= 11 is 6.08. The van der Waals surface area contributed by atoms with Gasteiger partial charge in [-0.3, -0.25) is 4.90 Å². The number of aromatic nitrogens is 2. The summed E-state index contributed by atoms with van der Waals surface area (Å²) in [4.78, 5) is 10.7. The SMILES string of the molecule is COc1ccc2nc([C@H]3CCN(Cc4cccc(Cl)c4)C3)[nH]c2c1. The average molecular weight is 342 g/mol. The number of benzene rings is 2. The van der Waals surface area contributed by atoms with Gasteiger partial charge in [0.2, 0.25) is 0 Å². The minimum absolute atomic E-state index is 0.447. The van der Waals surface area contributed by atoms with Gasteiger partial charge in [0, 0.05) is 30.1 Å². The molecule has 1 aromatic heterocycles. The number of methoxy groups -OCH3 is 1. The Kier molecular flexibility index (Phi) is 4.17. The Hall–Kier alpha value is -2.04. The van der Waals surface area contributed by atoms with Gasteiger partial charge in [0.05, 0.1) is 18.1 Å². The van der Waals surface area contributed by atoms with E-state index in [-0.39, 0.29) is 0 Å². The van der Waals surface area contributed by atoms with Gasteiger partial charge in [-0.25, -0.2) is 4.98 Å². The lowest BCUT2D eigenvalue weighted by atomic mass is 10.1. The van der Waals surface area contributed by atoms with Crippen molar-refractivity contribution in [3.63, 3.8) is 0 Å². The van der Waals surface area contributed by atoms with Crippen LogP contribution in [-0.2, 0) is 6.54 Å². The number of imidazole rings is 1. The highest BCUT2D eigenvalue weighted by atomic mass is 35.5. The molecule has 0 amide bonds. The first-order chi connectivity index (χ1) is 11.7. The van der Waals surface area contributed by atoms with Gasteiger partial charge in [-0.05, 0) is 42.8 Å². The van der Waals surface area contributed by atoms with Crippen molar-refractivity contribution in [1.82, 2.24) is 14.9 Å². The maximum atomic E-state index is 6.08. The minimum Gasteiger partial charge on any atom is -0.497 e. The van der Waals surface area contributed by atoms with E-state index in [1.807, 2.05) is 36.4 Å². The Labute approximate surface area is 146 Å². The quantitative estimate of drug-likeness (QED) is 0.772. The molecule has 0 aliphatic carbocycles. The number of nitrogens with zero attached hydrogens (tertiary/aromatic N) is 2. The zero-order chi connectivity index (χ0) is 16.5. The molecule has 4 nitrogen and oxygen atoms in total. The van der Waals surface area contributed by atoms with E-state index in [4.69, 9.17) is 21.3 Å². The lowest BCUT2D eigenvalue weighted by Gasteiger charge is -2.15. The number of H-pyrrole nitrogens is 1. The van der Waals surface area contributed by atoms with E-state index in [2.05, 4.69) is 16.0 Å². The second-order valence-corrected chi connectivity index (χ2v) is 6.79. The molecular weight excluding hydrogens is 322 g/mol. The summed E-state index contributed by atoms with van der Waals surface area (Å²) in [6.07, 6.45) is 1.12. The van der Waals surface area contributed by atoms with Gasteiger partial charge < -0.3 is 9.72 Å². The van der Waals surface area contributed by atoms with E-state index >= 15 is 0 Å². The van der Waals surface area contributed by atoms with Crippen LogP contribution in [0.3, 0.4) is 0 Å². The predicted molar refractivity (Wildman–Crippen MR) is 96.7 cm³/mol. The van der Waals surface area contributed by atoms with E-state index in [1.54, 1.807) is 7.11 Å². The Morgan fingerprint density at radius 3 is 3.04 bits per heavy atom. The molecule has 1 saturated heterocycles. The molecule has 0 unspecified atom stereocenters. The maximum Gasteiger partial charge on any atom is 0.121 e. The van der Waals surface area contributed by atoms with Crippen LogP contribution >= 0.6 is 11.6 Å². The van der Waals surface area contributed by atoms with Crippen LogP contribution in [0.5, 0.6) is 5.75 Å². The Morgan fingerprint density at radius 1 is 1.29 bits per heavy atom. The van der Waals surface area contributed by atoms with Gasteiger partial charge in [-0.2, -0.15) is 0 Å². The van der Waals surface area contributed by atoms with E-state index in [9.17, 15) is 0 Å². The van der Waals surface area contributed by atoms with Crippen molar-refractivity contribution in [2.75, 3.05) is 20.2 Å². The molecule has 2 aromatic carbocycles. The standard InChI is InChI=1S/C19H20ClN3O/c1-24-16-5-6-17-18(10-16)22-19(21-17)14-7-8-23(12-14)11-13-3-2-4-15(20)9-13/h2-6,9-10,14H,7-8,11-12H2,1H3,(H,21,22)/t14-/m0/s1. The van der Waals surface area contributed by atoms with E-state index < -0.39 is 0 Å². The van der Waals surface area contributed by atoms with Crippen molar-refractivity contribution in [2.45, 2.75) is 18.9 Å². The van der Waals surface area contributed by atoms with Gasteiger partial charge >= 0.3 is 0 Å². The normalized spacial score (nSPS) is 18.3. The molecule has 0 saturated carbocycles. The van der Waals surface area contributed by atoms with Gasteiger partial charge in [0.25, 0.3) is 0 Å². The van der Waals surface area contributed by atoms with Crippen molar-refractivity contribution in [3.05, 3.63) is 58.9 Å². The third-order valence-electron chi connectivity index (χ3n) is 4.66. The van der Waals surface area contributed by atoms with E-state index in [1.165, 1.54) is 5.56 Å². The molecule has 1 aliphatic rings. The Balaban J connectivity index is 1.48. The fourth-order valence-electron chi connectivity index (χ4n) is 3.42. The maximum absolute atomic E-state index is 6.08. The van der Waals surface area contributed by atoms with Crippen LogP contribution in [0.25, 0.3) is 11.0 Å². The molecule has 0 bridgehead atoms. The number of rotatable bonds is 4. The second kappa shape index (κ2) is 6.46. The Bertz CT molecular complexity index is 861. The van der Waals surface area contributed by atoms with Crippen molar-refractivity contribution >= 4 is 22.6 Å². The van der Waals surface area contributed by atoms with Crippen LogP contribution in [0.1, 0.15) is 23.7 Å². The third-order valence-corrected chi connectivity index (χ3v) is 4.90. The van der Waals surface area contributed by atoms with Gasteiger partial charge in [-0.1, -0.05) is 23.7 Å². The molecule has 2 heterocycles. The highest BCUT2D eigenvalue weighted by Gasteiger charge is 2.26. The van der Waals surface area contributed by atoms with Crippen LogP contribution in [0.15, 0.2) is 42.5 Å². The number of halogens is 1.